The summed E-state index contributed by atoms with van der Waals surface area (Å²) in [6.45, 7) is 2.26. The second kappa shape index (κ2) is 10.7. The van der Waals surface area contributed by atoms with Crippen LogP contribution in [-0.2, 0) is 6.42 Å². The Balaban J connectivity index is 1.86. The molecule has 3 rings (SSSR count). The summed E-state index contributed by atoms with van der Waals surface area (Å²) in [7, 11) is 0. The quantitative estimate of drug-likeness (QED) is 0.357. The SMILES string of the molecule is CCCCCCCCCc1ccc(O)c(-c2ccccc2)c1-c1ccccc1. The highest BCUT2D eigenvalue weighted by molar-refractivity contribution is 5.89. The molecular weight excluding hydrogens is 340 g/mol. The molecule has 28 heavy (non-hydrogen) atoms. The number of phenols is 1. The maximum absolute atomic E-state index is 10.7. The first-order chi connectivity index (χ1) is 13.8. The molecule has 3 aromatic carbocycles. The zero-order valence-corrected chi connectivity index (χ0v) is 17.0. The van der Waals surface area contributed by atoms with Crippen LogP contribution < -0.4 is 0 Å². The lowest BCUT2D eigenvalue weighted by Gasteiger charge is -2.17. The van der Waals surface area contributed by atoms with E-state index in [4.69, 9.17) is 0 Å². The van der Waals surface area contributed by atoms with E-state index in [1.54, 1.807) is 0 Å². The lowest BCUT2D eigenvalue weighted by Crippen LogP contribution is -1.95. The van der Waals surface area contributed by atoms with Crippen molar-refractivity contribution in [3.63, 3.8) is 0 Å². The average molecular weight is 373 g/mol. The van der Waals surface area contributed by atoms with Crippen LogP contribution in [0.2, 0.25) is 0 Å². The molecule has 0 aliphatic rings. The Kier molecular flexibility index (Phi) is 7.72. The molecule has 0 fully saturated rings. The number of aromatic hydroxyl groups is 1. The highest BCUT2D eigenvalue weighted by Crippen LogP contribution is 2.41. The second-order valence-corrected chi connectivity index (χ2v) is 7.60. The molecular formula is C27H32O. The Hall–Kier alpha value is -2.54. The van der Waals surface area contributed by atoms with Crippen molar-refractivity contribution < 1.29 is 5.11 Å². The molecule has 3 aromatic rings. The first-order valence-electron chi connectivity index (χ1n) is 10.8. The molecule has 0 spiro atoms. The summed E-state index contributed by atoms with van der Waals surface area (Å²) in [5.74, 6) is 0.355. The maximum atomic E-state index is 10.7. The van der Waals surface area contributed by atoms with E-state index in [0.29, 0.717) is 5.75 Å². The van der Waals surface area contributed by atoms with E-state index in [1.807, 2.05) is 30.3 Å². The molecule has 0 unspecified atom stereocenters. The van der Waals surface area contributed by atoms with Crippen molar-refractivity contribution in [1.82, 2.24) is 0 Å². The topological polar surface area (TPSA) is 20.2 Å². The molecule has 146 valence electrons. The van der Waals surface area contributed by atoms with Crippen LogP contribution in [0.3, 0.4) is 0 Å². The van der Waals surface area contributed by atoms with Crippen molar-refractivity contribution in [1.29, 1.82) is 0 Å². The maximum Gasteiger partial charge on any atom is 0.124 e. The second-order valence-electron chi connectivity index (χ2n) is 7.60. The van der Waals surface area contributed by atoms with Crippen molar-refractivity contribution in [2.24, 2.45) is 0 Å². The standard InChI is InChI=1S/C27H32O/c1-2-3-4-5-6-7-10-19-24-20-21-25(28)27(23-17-13-9-14-18-23)26(24)22-15-11-8-12-16-22/h8-9,11-18,20-21,28H,2-7,10,19H2,1H3. The van der Waals surface area contributed by atoms with Gasteiger partial charge in [0.05, 0.1) is 0 Å². The van der Waals surface area contributed by atoms with E-state index in [0.717, 1.165) is 17.5 Å². The van der Waals surface area contributed by atoms with Gasteiger partial charge in [-0.25, -0.2) is 0 Å². The molecule has 0 heterocycles. The Morgan fingerprint density at radius 1 is 0.571 bits per heavy atom. The first-order valence-corrected chi connectivity index (χ1v) is 10.8. The molecule has 0 aromatic heterocycles. The van der Waals surface area contributed by atoms with Gasteiger partial charge < -0.3 is 5.11 Å². The van der Waals surface area contributed by atoms with Gasteiger partial charge in [0, 0.05) is 5.56 Å². The third-order valence-corrected chi connectivity index (χ3v) is 5.44. The van der Waals surface area contributed by atoms with Gasteiger partial charge in [-0.3, -0.25) is 0 Å². The van der Waals surface area contributed by atoms with Crippen LogP contribution in [0.4, 0.5) is 0 Å². The Morgan fingerprint density at radius 2 is 1.11 bits per heavy atom. The minimum Gasteiger partial charge on any atom is -0.507 e. The summed E-state index contributed by atoms with van der Waals surface area (Å²) < 4.78 is 0. The summed E-state index contributed by atoms with van der Waals surface area (Å²) in [6, 6.07) is 24.7. The number of hydrogen-bond donors (Lipinski definition) is 1. The fourth-order valence-electron chi connectivity index (χ4n) is 3.95. The molecule has 0 aliphatic heterocycles. The Labute approximate surface area is 170 Å². The number of phenolic OH excluding ortho intramolecular Hbond substituents is 1. The largest absolute Gasteiger partial charge is 0.507 e. The highest BCUT2D eigenvalue weighted by Gasteiger charge is 2.16. The summed E-state index contributed by atoms with van der Waals surface area (Å²) in [5.41, 5.74) is 5.71. The van der Waals surface area contributed by atoms with Gasteiger partial charge in [-0.1, -0.05) is 112 Å². The Morgan fingerprint density at radius 3 is 1.71 bits per heavy atom. The lowest BCUT2D eigenvalue weighted by atomic mass is 9.87. The predicted molar refractivity (Wildman–Crippen MR) is 121 cm³/mol. The van der Waals surface area contributed by atoms with E-state index < -0.39 is 0 Å². The number of hydrogen-bond acceptors (Lipinski definition) is 1. The summed E-state index contributed by atoms with van der Waals surface area (Å²) in [6.07, 6.45) is 10.2. The monoisotopic (exact) mass is 372 g/mol. The Bertz CT molecular complexity index is 837. The first kappa shape index (κ1) is 20.2. The van der Waals surface area contributed by atoms with E-state index in [-0.39, 0.29) is 0 Å². The highest BCUT2D eigenvalue weighted by atomic mass is 16.3. The van der Waals surface area contributed by atoms with E-state index in [9.17, 15) is 5.11 Å². The van der Waals surface area contributed by atoms with Gasteiger partial charge in [0.1, 0.15) is 5.75 Å². The number of rotatable bonds is 10. The smallest absolute Gasteiger partial charge is 0.124 e. The summed E-state index contributed by atoms with van der Waals surface area (Å²) in [5, 5.41) is 10.7. The minimum atomic E-state index is 0.355. The van der Waals surface area contributed by atoms with Crippen molar-refractivity contribution in [2.75, 3.05) is 0 Å². The van der Waals surface area contributed by atoms with Crippen molar-refractivity contribution in [3.8, 4) is 28.0 Å². The third-order valence-electron chi connectivity index (χ3n) is 5.44. The number of unbranched alkanes of at least 4 members (excludes halogenated alkanes) is 6. The van der Waals surface area contributed by atoms with Crippen LogP contribution in [0.25, 0.3) is 22.3 Å². The fourth-order valence-corrected chi connectivity index (χ4v) is 3.95. The molecule has 1 N–H and O–H groups in total. The van der Waals surface area contributed by atoms with Crippen molar-refractivity contribution in [2.45, 2.75) is 58.3 Å². The zero-order valence-electron chi connectivity index (χ0n) is 17.0. The van der Waals surface area contributed by atoms with Gasteiger partial charge in [-0.15, -0.1) is 0 Å². The van der Waals surface area contributed by atoms with Gasteiger partial charge in [-0.2, -0.15) is 0 Å². The predicted octanol–water partition coefficient (Wildman–Crippen LogP) is 8.02. The van der Waals surface area contributed by atoms with Gasteiger partial charge in [0.2, 0.25) is 0 Å². The van der Waals surface area contributed by atoms with Crippen LogP contribution in [-0.4, -0.2) is 5.11 Å². The summed E-state index contributed by atoms with van der Waals surface area (Å²) in [4.78, 5) is 0. The number of benzene rings is 3. The van der Waals surface area contributed by atoms with Crippen LogP contribution in [0.1, 0.15) is 57.4 Å². The molecule has 0 amide bonds. The number of aryl methyl sites for hydroxylation is 1. The molecule has 0 saturated carbocycles. The minimum absolute atomic E-state index is 0.355. The fraction of sp³-hybridized carbons (Fsp3) is 0.333. The van der Waals surface area contributed by atoms with Gasteiger partial charge in [0.15, 0.2) is 0 Å². The molecule has 1 heteroatoms. The van der Waals surface area contributed by atoms with Crippen molar-refractivity contribution in [3.05, 3.63) is 78.4 Å². The van der Waals surface area contributed by atoms with E-state index in [2.05, 4.69) is 49.4 Å². The van der Waals surface area contributed by atoms with Crippen molar-refractivity contribution >= 4 is 0 Å². The lowest BCUT2D eigenvalue weighted by molar-refractivity contribution is 0.477. The van der Waals surface area contributed by atoms with Gasteiger partial charge in [-0.05, 0) is 41.2 Å². The normalized spacial score (nSPS) is 10.9. The molecule has 0 aliphatic carbocycles. The molecule has 0 atom stereocenters. The molecule has 0 radical (unpaired) electrons. The summed E-state index contributed by atoms with van der Waals surface area (Å²) >= 11 is 0. The van der Waals surface area contributed by atoms with Gasteiger partial charge >= 0.3 is 0 Å². The van der Waals surface area contributed by atoms with E-state index in [1.165, 1.54) is 61.6 Å². The molecule has 0 saturated heterocycles. The van der Waals surface area contributed by atoms with Crippen LogP contribution in [0.5, 0.6) is 5.75 Å². The zero-order chi connectivity index (χ0) is 19.6. The third kappa shape index (κ3) is 5.25. The van der Waals surface area contributed by atoms with Crippen LogP contribution >= 0.6 is 0 Å². The molecule has 1 nitrogen and oxygen atoms in total. The van der Waals surface area contributed by atoms with Gasteiger partial charge in [0.25, 0.3) is 0 Å². The molecule has 0 bridgehead atoms. The van der Waals surface area contributed by atoms with Crippen LogP contribution in [0.15, 0.2) is 72.8 Å². The average Bonchev–Trinajstić information content (AvgIpc) is 2.75. The van der Waals surface area contributed by atoms with E-state index >= 15 is 0 Å². The van der Waals surface area contributed by atoms with Crippen LogP contribution in [0, 0.1) is 0 Å².